The first-order valence-corrected chi connectivity index (χ1v) is 6.88. The molecule has 1 N–H and O–H groups in total. The van der Waals surface area contributed by atoms with Crippen molar-refractivity contribution in [2.45, 2.75) is 31.9 Å². The first kappa shape index (κ1) is 16.8. The molecule has 0 saturated heterocycles. The van der Waals surface area contributed by atoms with Crippen molar-refractivity contribution in [1.29, 1.82) is 5.26 Å². The average Bonchev–Trinajstić information content (AvgIpc) is 2.88. The van der Waals surface area contributed by atoms with Crippen LogP contribution in [0.25, 0.3) is 11.0 Å². The minimum atomic E-state index is -4.23. The molecule has 0 spiro atoms. The van der Waals surface area contributed by atoms with Crippen molar-refractivity contribution >= 4 is 17.0 Å². The lowest BCUT2D eigenvalue weighted by Crippen LogP contribution is -2.07. The van der Waals surface area contributed by atoms with Crippen LogP contribution in [0.2, 0.25) is 0 Å². The maximum Gasteiger partial charge on any atom is 0.389 e. The van der Waals surface area contributed by atoms with Gasteiger partial charge in [0.2, 0.25) is 0 Å². The summed E-state index contributed by atoms with van der Waals surface area (Å²) in [6.45, 7) is 0. The van der Waals surface area contributed by atoms with Gasteiger partial charge in [0.25, 0.3) is 0 Å². The van der Waals surface area contributed by atoms with Crippen LogP contribution in [0, 0.1) is 11.3 Å². The number of H-pyrrole nitrogens is 1. The van der Waals surface area contributed by atoms with Gasteiger partial charge in [-0.2, -0.15) is 18.4 Å². The predicted octanol–water partition coefficient (Wildman–Crippen LogP) is 3.04. The van der Waals surface area contributed by atoms with Crippen LogP contribution in [-0.4, -0.2) is 29.2 Å². The van der Waals surface area contributed by atoms with Gasteiger partial charge in [0.05, 0.1) is 29.8 Å². The van der Waals surface area contributed by atoms with E-state index < -0.39 is 18.6 Å². The molecule has 0 atom stereocenters. The molecule has 23 heavy (non-hydrogen) atoms. The zero-order chi connectivity index (χ0) is 17.0. The Kier molecular flexibility index (Phi) is 4.89. The van der Waals surface area contributed by atoms with Crippen molar-refractivity contribution in [1.82, 2.24) is 9.97 Å². The SMILES string of the molecule is COC(=O)Cc1nc2c(CCCC(F)(F)F)c(C#N)ccc2[nH]1. The number of ether oxygens (including phenoxy) is 1. The molecular weight excluding hydrogens is 311 g/mol. The number of esters is 1. The van der Waals surface area contributed by atoms with Gasteiger partial charge in [-0.3, -0.25) is 4.79 Å². The Bertz CT molecular complexity index is 760. The van der Waals surface area contributed by atoms with Gasteiger partial charge in [0, 0.05) is 6.42 Å². The van der Waals surface area contributed by atoms with Crippen LogP contribution in [-0.2, 0) is 22.4 Å². The van der Waals surface area contributed by atoms with Crippen molar-refractivity contribution in [3.8, 4) is 6.07 Å². The fraction of sp³-hybridized carbons (Fsp3) is 0.400. The van der Waals surface area contributed by atoms with E-state index in [0.29, 0.717) is 22.4 Å². The zero-order valence-electron chi connectivity index (χ0n) is 12.3. The number of halogens is 3. The smallest absolute Gasteiger partial charge is 0.389 e. The van der Waals surface area contributed by atoms with Crippen molar-refractivity contribution < 1.29 is 22.7 Å². The van der Waals surface area contributed by atoms with E-state index in [4.69, 9.17) is 5.26 Å². The monoisotopic (exact) mass is 325 g/mol. The average molecular weight is 325 g/mol. The van der Waals surface area contributed by atoms with Crippen LogP contribution in [0.1, 0.15) is 29.8 Å². The zero-order valence-corrected chi connectivity index (χ0v) is 12.3. The fourth-order valence-electron chi connectivity index (χ4n) is 2.30. The maximum atomic E-state index is 12.3. The molecule has 0 amide bonds. The molecule has 0 saturated carbocycles. The number of nitrogens with one attached hydrogen (secondary N) is 1. The van der Waals surface area contributed by atoms with Crippen LogP contribution < -0.4 is 0 Å². The van der Waals surface area contributed by atoms with Crippen LogP contribution in [0.5, 0.6) is 0 Å². The molecule has 0 fully saturated rings. The highest BCUT2D eigenvalue weighted by atomic mass is 19.4. The summed E-state index contributed by atoms with van der Waals surface area (Å²) in [5.74, 6) is -0.137. The Hall–Kier alpha value is -2.56. The molecule has 0 unspecified atom stereocenters. The number of fused-ring (bicyclic) bond motifs is 1. The first-order chi connectivity index (χ1) is 10.8. The molecule has 2 rings (SSSR count). The summed E-state index contributed by atoms with van der Waals surface area (Å²) in [5, 5.41) is 9.14. The van der Waals surface area contributed by atoms with Gasteiger partial charge in [-0.25, -0.2) is 4.98 Å². The Morgan fingerprint density at radius 3 is 2.78 bits per heavy atom. The minimum absolute atomic E-state index is 0.0743. The molecule has 2 aromatic rings. The first-order valence-electron chi connectivity index (χ1n) is 6.88. The number of aryl methyl sites for hydroxylation is 1. The van der Waals surface area contributed by atoms with Gasteiger partial charge < -0.3 is 9.72 Å². The number of benzene rings is 1. The molecule has 122 valence electrons. The molecule has 0 aliphatic rings. The third-order valence-corrected chi connectivity index (χ3v) is 3.36. The number of hydrogen-bond acceptors (Lipinski definition) is 4. The topological polar surface area (TPSA) is 78.8 Å². The number of nitriles is 1. The van der Waals surface area contributed by atoms with Crippen molar-refractivity contribution in [3.05, 3.63) is 29.1 Å². The van der Waals surface area contributed by atoms with E-state index in [1.807, 2.05) is 6.07 Å². The molecular formula is C15H14F3N3O2. The number of carbonyl (C=O) groups excluding carboxylic acids is 1. The van der Waals surface area contributed by atoms with E-state index in [-0.39, 0.29) is 24.8 Å². The normalized spacial score (nSPS) is 11.4. The van der Waals surface area contributed by atoms with E-state index >= 15 is 0 Å². The Morgan fingerprint density at radius 1 is 1.43 bits per heavy atom. The van der Waals surface area contributed by atoms with Gasteiger partial charge in [-0.1, -0.05) is 0 Å². The summed E-state index contributed by atoms with van der Waals surface area (Å²) >= 11 is 0. The number of nitrogens with zero attached hydrogens (tertiary/aromatic N) is 2. The predicted molar refractivity (Wildman–Crippen MR) is 75.5 cm³/mol. The van der Waals surface area contributed by atoms with Crippen LogP contribution >= 0.6 is 0 Å². The number of methoxy groups -OCH3 is 1. The lowest BCUT2D eigenvalue weighted by atomic mass is 10.0. The van der Waals surface area contributed by atoms with Gasteiger partial charge in [0.15, 0.2) is 0 Å². The number of aromatic amines is 1. The van der Waals surface area contributed by atoms with E-state index in [1.165, 1.54) is 13.2 Å². The van der Waals surface area contributed by atoms with Crippen molar-refractivity contribution in [2.24, 2.45) is 0 Å². The summed E-state index contributed by atoms with van der Waals surface area (Å²) in [6.07, 6.45) is -5.27. The molecule has 8 heteroatoms. The molecule has 0 aliphatic carbocycles. The number of hydrogen-bond donors (Lipinski definition) is 1. The van der Waals surface area contributed by atoms with Gasteiger partial charge in [-0.05, 0) is 30.5 Å². The second-order valence-electron chi connectivity index (χ2n) is 5.00. The Morgan fingerprint density at radius 2 is 2.17 bits per heavy atom. The third kappa shape index (κ3) is 4.22. The van der Waals surface area contributed by atoms with Crippen LogP contribution in [0.4, 0.5) is 13.2 Å². The van der Waals surface area contributed by atoms with Crippen molar-refractivity contribution in [2.75, 3.05) is 7.11 Å². The van der Waals surface area contributed by atoms with Crippen LogP contribution in [0.3, 0.4) is 0 Å². The molecule has 1 heterocycles. The molecule has 0 aliphatic heterocycles. The number of carbonyl (C=O) groups is 1. The third-order valence-electron chi connectivity index (χ3n) is 3.36. The fourth-order valence-corrected chi connectivity index (χ4v) is 2.30. The number of alkyl halides is 3. The minimum Gasteiger partial charge on any atom is -0.469 e. The summed E-state index contributed by atoms with van der Waals surface area (Å²) in [4.78, 5) is 18.4. The van der Waals surface area contributed by atoms with E-state index in [2.05, 4.69) is 14.7 Å². The van der Waals surface area contributed by atoms with E-state index in [0.717, 1.165) is 0 Å². The summed E-state index contributed by atoms with van der Waals surface area (Å²) in [7, 11) is 1.25. The number of imidazole rings is 1. The largest absolute Gasteiger partial charge is 0.469 e. The standard InChI is InChI=1S/C15H14F3N3O2/c1-23-13(22)7-12-20-11-5-4-9(8-19)10(14(11)21-12)3-2-6-15(16,17)18/h4-5H,2-3,6-7H2,1H3,(H,20,21). The second kappa shape index (κ2) is 6.69. The summed E-state index contributed by atoms with van der Waals surface area (Å²) in [5.41, 5.74) is 1.74. The molecule has 0 bridgehead atoms. The molecule has 1 aromatic heterocycles. The van der Waals surface area contributed by atoms with E-state index in [1.54, 1.807) is 6.07 Å². The summed E-state index contributed by atoms with van der Waals surface area (Å²) in [6, 6.07) is 5.12. The lowest BCUT2D eigenvalue weighted by Gasteiger charge is -2.07. The molecule has 5 nitrogen and oxygen atoms in total. The lowest BCUT2D eigenvalue weighted by molar-refractivity contribution is -0.140. The van der Waals surface area contributed by atoms with E-state index in [9.17, 15) is 18.0 Å². The number of aromatic nitrogens is 2. The Balaban J connectivity index is 2.32. The van der Waals surface area contributed by atoms with Gasteiger partial charge in [-0.15, -0.1) is 0 Å². The van der Waals surface area contributed by atoms with Crippen LogP contribution in [0.15, 0.2) is 12.1 Å². The highest BCUT2D eigenvalue weighted by Gasteiger charge is 2.26. The Labute approximate surface area is 130 Å². The van der Waals surface area contributed by atoms with Gasteiger partial charge >= 0.3 is 12.1 Å². The quantitative estimate of drug-likeness (QED) is 0.857. The van der Waals surface area contributed by atoms with Crippen molar-refractivity contribution in [3.63, 3.8) is 0 Å². The molecule has 1 aromatic carbocycles. The second-order valence-corrected chi connectivity index (χ2v) is 5.00. The maximum absolute atomic E-state index is 12.3. The number of rotatable bonds is 5. The highest BCUT2D eigenvalue weighted by molar-refractivity contribution is 5.82. The summed E-state index contributed by atoms with van der Waals surface area (Å²) < 4.78 is 41.5. The molecule has 0 radical (unpaired) electrons. The highest BCUT2D eigenvalue weighted by Crippen LogP contribution is 2.26. The van der Waals surface area contributed by atoms with Gasteiger partial charge in [0.1, 0.15) is 12.2 Å².